The normalized spacial score (nSPS) is 10.1. The molecule has 1 amide bonds. The average Bonchev–Trinajstić information content (AvgIpc) is 2.53. The summed E-state index contributed by atoms with van der Waals surface area (Å²) in [5.74, 6) is 0.788. The molecule has 2 aromatic carbocycles. The molecule has 0 spiro atoms. The molecule has 0 saturated carbocycles. The van der Waals surface area contributed by atoms with Gasteiger partial charge in [0.15, 0.2) is 0 Å². The molecule has 0 aliphatic rings. The summed E-state index contributed by atoms with van der Waals surface area (Å²) in [7, 11) is 1.63. The molecular weight excluding hydrogens is 346 g/mol. The molecule has 0 bridgehead atoms. The molecule has 0 radical (unpaired) electrons. The summed E-state index contributed by atoms with van der Waals surface area (Å²) in [6, 6.07) is 15.4. The van der Waals surface area contributed by atoms with Crippen molar-refractivity contribution in [3.05, 3.63) is 64.1 Å². The molecule has 116 valence electrons. The molecule has 2 aromatic rings. The van der Waals surface area contributed by atoms with Crippen molar-refractivity contribution in [1.82, 2.24) is 5.32 Å². The molecule has 5 heteroatoms. The number of alkyl carbamates (subject to hydrolysis) is 1. The van der Waals surface area contributed by atoms with Crippen molar-refractivity contribution in [1.29, 1.82) is 0 Å². The first-order valence-corrected chi connectivity index (χ1v) is 7.74. The first kappa shape index (κ1) is 16.4. The second-order valence-electron chi connectivity index (χ2n) is 4.74. The van der Waals surface area contributed by atoms with Gasteiger partial charge in [0, 0.05) is 11.0 Å². The predicted octanol–water partition coefficient (Wildman–Crippen LogP) is 3.93. The van der Waals surface area contributed by atoms with E-state index in [1.807, 2.05) is 48.5 Å². The van der Waals surface area contributed by atoms with Crippen LogP contribution in [0.3, 0.4) is 0 Å². The molecule has 2 rings (SSSR count). The quantitative estimate of drug-likeness (QED) is 0.845. The number of ether oxygens (including phenoxy) is 2. The molecule has 4 nitrogen and oxygen atoms in total. The van der Waals surface area contributed by atoms with Crippen LogP contribution in [0.5, 0.6) is 5.75 Å². The molecule has 1 N–H and O–H groups in total. The van der Waals surface area contributed by atoms with Gasteiger partial charge in [-0.2, -0.15) is 0 Å². The van der Waals surface area contributed by atoms with Crippen LogP contribution in [0.15, 0.2) is 53.0 Å². The smallest absolute Gasteiger partial charge is 0.407 e. The number of methoxy groups -OCH3 is 1. The van der Waals surface area contributed by atoms with E-state index in [0.717, 1.165) is 21.3 Å². The SMILES string of the molecule is COc1cc(Br)cc(CCNC(=O)OCc2ccccc2)c1. The van der Waals surface area contributed by atoms with Gasteiger partial charge in [0.25, 0.3) is 0 Å². The van der Waals surface area contributed by atoms with Gasteiger partial charge in [-0.25, -0.2) is 4.79 Å². The van der Waals surface area contributed by atoms with E-state index in [2.05, 4.69) is 21.2 Å². The number of rotatable bonds is 6. The van der Waals surface area contributed by atoms with E-state index in [9.17, 15) is 4.79 Å². The highest BCUT2D eigenvalue weighted by molar-refractivity contribution is 9.10. The van der Waals surface area contributed by atoms with Gasteiger partial charge in [0.05, 0.1) is 7.11 Å². The van der Waals surface area contributed by atoms with E-state index in [0.29, 0.717) is 13.0 Å². The van der Waals surface area contributed by atoms with Crippen molar-refractivity contribution in [2.75, 3.05) is 13.7 Å². The number of hydrogen-bond acceptors (Lipinski definition) is 3. The minimum absolute atomic E-state index is 0.275. The van der Waals surface area contributed by atoms with Crippen molar-refractivity contribution in [3.8, 4) is 5.75 Å². The van der Waals surface area contributed by atoms with Crippen LogP contribution in [0.2, 0.25) is 0 Å². The van der Waals surface area contributed by atoms with Crippen molar-refractivity contribution in [2.45, 2.75) is 13.0 Å². The van der Waals surface area contributed by atoms with E-state index in [1.165, 1.54) is 0 Å². The summed E-state index contributed by atoms with van der Waals surface area (Å²) in [5.41, 5.74) is 2.05. The molecule has 0 unspecified atom stereocenters. The number of hydrogen-bond donors (Lipinski definition) is 1. The van der Waals surface area contributed by atoms with Crippen molar-refractivity contribution in [2.24, 2.45) is 0 Å². The van der Waals surface area contributed by atoms with Gasteiger partial charge in [-0.15, -0.1) is 0 Å². The number of amides is 1. The summed E-state index contributed by atoms with van der Waals surface area (Å²) in [5, 5.41) is 2.74. The molecule has 0 heterocycles. The summed E-state index contributed by atoms with van der Waals surface area (Å²) < 4.78 is 11.3. The van der Waals surface area contributed by atoms with E-state index in [-0.39, 0.29) is 6.61 Å². The fourth-order valence-corrected chi connectivity index (χ4v) is 2.49. The standard InChI is InChI=1S/C17H18BrNO3/c1-21-16-10-14(9-15(18)11-16)7-8-19-17(20)22-12-13-5-3-2-4-6-13/h2-6,9-11H,7-8,12H2,1H3,(H,19,20). The van der Waals surface area contributed by atoms with Gasteiger partial charge in [0.2, 0.25) is 0 Å². The fourth-order valence-electron chi connectivity index (χ4n) is 1.97. The second-order valence-corrected chi connectivity index (χ2v) is 5.65. The summed E-state index contributed by atoms with van der Waals surface area (Å²) in [6.07, 6.45) is 0.293. The molecule has 0 aromatic heterocycles. The highest BCUT2D eigenvalue weighted by Gasteiger charge is 2.04. The number of halogens is 1. The summed E-state index contributed by atoms with van der Waals surface area (Å²) >= 11 is 3.43. The van der Waals surface area contributed by atoms with Crippen molar-refractivity contribution < 1.29 is 14.3 Å². The Morgan fingerprint density at radius 2 is 1.91 bits per heavy atom. The highest BCUT2D eigenvalue weighted by atomic mass is 79.9. The largest absolute Gasteiger partial charge is 0.497 e. The van der Waals surface area contributed by atoms with Crippen LogP contribution in [0.4, 0.5) is 4.79 Å². The van der Waals surface area contributed by atoms with Gasteiger partial charge in [-0.05, 0) is 35.7 Å². The van der Waals surface area contributed by atoms with Crippen LogP contribution < -0.4 is 10.1 Å². The van der Waals surface area contributed by atoms with Crippen LogP contribution in [0.25, 0.3) is 0 Å². The number of benzene rings is 2. The molecule has 0 atom stereocenters. The van der Waals surface area contributed by atoms with Crippen LogP contribution >= 0.6 is 15.9 Å². The maximum absolute atomic E-state index is 11.6. The van der Waals surface area contributed by atoms with Gasteiger partial charge in [0.1, 0.15) is 12.4 Å². The fraction of sp³-hybridized carbons (Fsp3) is 0.235. The van der Waals surface area contributed by atoms with E-state index < -0.39 is 6.09 Å². The zero-order valence-electron chi connectivity index (χ0n) is 12.3. The lowest BCUT2D eigenvalue weighted by atomic mass is 10.1. The monoisotopic (exact) mass is 363 g/mol. The molecule has 0 aliphatic heterocycles. The van der Waals surface area contributed by atoms with Crippen LogP contribution in [-0.2, 0) is 17.8 Å². The zero-order chi connectivity index (χ0) is 15.8. The lowest BCUT2D eigenvalue weighted by molar-refractivity contribution is 0.140. The Labute approximate surface area is 138 Å². The minimum atomic E-state index is -0.411. The Balaban J connectivity index is 1.74. The zero-order valence-corrected chi connectivity index (χ0v) is 13.9. The van der Waals surface area contributed by atoms with Gasteiger partial charge in [-0.3, -0.25) is 0 Å². The average molecular weight is 364 g/mol. The maximum Gasteiger partial charge on any atom is 0.407 e. The molecule has 0 saturated heterocycles. The van der Waals surface area contributed by atoms with E-state index >= 15 is 0 Å². The lowest BCUT2D eigenvalue weighted by Crippen LogP contribution is -2.26. The molecule has 22 heavy (non-hydrogen) atoms. The van der Waals surface area contributed by atoms with Gasteiger partial charge < -0.3 is 14.8 Å². The van der Waals surface area contributed by atoms with Gasteiger partial charge in [-0.1, -0.05) is 46.3 Å². The third-order valence-electron chi connectivity index (χ3n) is 3.06. The summed E-state index contributed by atoms with van der Waals surface area (Å²) in [6.45, 7) is 0.782. The number of carbonyl (C=O) groups is 1. The van der Waals surface area contributed by atoms with Crippen LogP contribution in [-0.4, -0.2) is 19.7 Å². The van der Waals surface area contributed by atoms with E-state index in [4.69, 9.17) is 9.47 Å². The van der Waals surface area contributed by atoms with Gasteiger partial charge >= 0.3 is 6.09 Å². The Kier molecular flexibility index (Phi) is 6.27. The maximum atomic E-state index is 11.6. The molecule has 0 fully saturated rings. The predicted molar refractivity (Wildman–Crippen MR) is 89.0 cm³/mol. The Morgan fingerprint density at radius 1 is 1.14 bits per heavy atom. The number of nitrogens with one attached hydrogen (secondary N) is 1. The third-order valence-corrected chi connectivity index (χ3v) is 3.52. The first-order valence-electron chi connectivity index (χ1n) is 6.95. The molecule has 0 aliphatic carbocycles. The Hall–Kier alpha value is -2.01. The molecular formula is C17H18BrNO3. The highest BCUT2D eigenvalue weighted by Crippen LogP contribution is 2.21. The summed E-state index contributed by atoms with van der Waals surface area (Å²) in [4.78, 5) is 11.6. The van der Waals surface area contributed by atoms with Crippen molar-refractivity contribution in [3.63, 3.8) is 0 Å². The van der Waals surface area contributed by atoms with Crippen LogP contribution in [0, 0.1) is 0 Å². The number of carbonyl (C=O) groups excluding carboxylic acids is 1. The van der Waals surface area contributed by atoms with Crippen LogP contribution in [0.1, 0.15) is 11.1 Å². The van der Waals surface area contributed by atoms with E-state index in [1.54, 1.807) is 7.11 Å². The third kappa shape index (κ3) is 5.41. The first-order chi connectivity index (χ1) is 10.7. The Bertz CT molecular complexity index is 617. The van der Waals surface area contributed by atoms with Crippen molar-refractivity contribution >= 4 is 22.0 Å². The second kappa shape index (κ2) is 8.44. The topological polar surface area (TPSA) is 47.6 Å². The lowest BCUT2D eigenvalue weighted by Gasteiger charge is -2.08. The minimum Gasteiger partial charge on any atom is -0.497 e. The Morgan fingerprint density at radius 3 is 2.64 bits per heavy atom.